The van der Waals surface area contributed by atoms with Crippen LogP contribution in [0.4, 0.5) is 11.4 Å². The van der Waals surface area contributed by atoms with Crippen molar-refractivity contribution < 1.29 is 9.66 Å². The molecule has 0 aliphatic rings. The maximum Gasteiger partial charge on any atom is 0.269 e. The van der Waals surface area contributed by atoms with Crippen molar-refractivity contribution in [3.05, 3.63) is 56.3 Å². The molecule has 1 heterocycles. The summed E-state index contributed by atoms with van der Waals surface area (Å²) in [5.74, 6) is 0. The average molecular weight is 292 g/mol. The number of nitrogens with one attached hydrogen (secondary N) is 1. The van der Waals surface area contributed by atoms with Crippen molar-refractivity contribution >= 4 is 22.7 Å². The Labute approximate surface area is 121 Å². The van der Waals surface area contributed by atoms with Gasteiger partial charge in [-0.05, 0) is 24.4 Å². The standard InChI is InChI=1S/C14H16N2O3S/c1-2-15-14-6-5-12(16(17)18)8-11(14)9-19-10-13-4-3-7-20-13/h3-8,15H,2,9-10H2,1H3. The molecule has 106 valence electrons. The van der Waals surface area contributed by atoms with Crippen molar-refractivity contribution in [1.29, 1.82) is 0 Å². The Morgan fingerprint density at radius 1 is 1.35 bits per heavy atom. The second-order valence-electron chi connectivity index (χ2n) is 4.20. The molecule has 0 amide bonds. The van der Waals surface area contributed by atoms with Gasteiger partial charge in [0.2, 0.25) is 0 Å². The molecule has 1 N–H and O–H groups in total. The number of anilines is 1. The number of nitro benzene ring substituents is 1. The molecule has 0 aliphatic heterocycles. The monoisotopic (exact) mass is 292 g/mol. The van der Waals surface area contributed by atoms with Gasteiger partial charge in [-0.25, -0.2) is 0 Å². The Balaban J connectivity index is 2.06. The van der Waals surface area contributed by atoms with Crippen LogP contribution in [0.3, 0.4) is 0 Å². The van der Waals surface area contributed by atoms with Crippen LogP contribution in [0.2, 0.25) is 0 Å². The predicted molar refractivity (Wildman–Crippen MR) is 80.1 cm³/mol. The van der Waals surface area contributed by atoms with Crippen LogP contribution >= 0.6 is 11.3 Å². The lowest BCUT2D eigenvalue weighted by Crippen LogP contribution is -2.03. The number of benzene rings is 1. The number of hydrogen-bond donors (Lipinski definition) is 1. The summed E-state index contributed by atoms with van der Waals surface area (Å²) in [6.45, 7) is 3.61. The molecule has 5 nitrogen and oxygen atoms in total. The zero-order valence-corrected chi connectivity index (χ0v) is 12.0. The van der Waals surface area contributed by atoms with Gasteiger partial charge in [0.15, 0.2) is 0 Å². The second kappa shape index (κ2) is 7.02. The molecule has 2 aromatic rings. The minimum absolute atomic E-state index is 0.0846. The van der Waals surface area contributed by atoms with E-state index in [1.54, 1.807) is 23.5 Å². The summed E-state index contributed by atoms with van der Waals surface area (Å²) < 4.78 is 5.63. The van der Waals surface area contributed by atoms with E-state index in [0.717, 1.165) is 22.7 Å². The van der Waals surface area contributed by atoms with E-state index in [9.17, 15) is 10.1 Å². The Morgan fingerprint density at radius 2 is 2.20 bits per heavy atom. The van der Waals surface area contributed by atoms with Crippen LogP contribution in [0, 0.1) is 10.1 Å². The lowest BCUT2D eigenvalue weighted by molar-refractivity contribution is -0.384. The summed E-state index contributed by atoms with van der Waals surface area (Å²) >= 11 is 1.63. The summed E-state index contributed by atoms with van der Waals surface area (Å²) in [4.78, 5) is 11.6. The highest BCUT2D eigenvalue weighted by atomic mass is 32.1. The highest BCUT2D eigenvalue weighted by Crippen LogP contribution is 2.23. The zero-order chi connectivity index (χ0) is 14.4. The first-order chi connectivity index (χ1) is 9.70. The minimum atomic E-state index is -0.390. The average Bonchev–Trinajstić information content (AvgIpc) is 2.93. The van der Waals surface area contributed by atoms with Crippen molar-refractivity contribution in [2.45, 2.75) is 20.1 Å². The van der Waals surface area contributed by atoms with Gasteiger partial charge in [-0.2, -0.15) is 0 Å². The van der Waals surface area contributed by atoms with Crippen molar-refractivity contribution in [1.82, 2.24) is 0 Å². The van der Waals surface area contributed by atoms with Crippen molar-refractivity contribution in [2.75, 3.05) is 11.9 Å². The Bertz CT molecular complexity index is 570. The maximum atomic E-state index is 10.8. The number of hydrogen-bond acceptors (Lipinski definition) is 5. The molecule has 0 saturated carbocycles. The van der Waals surface area contributed by atoms with Crippen LogP contribution < -0.4 is 5.32 Å². The van der Waals surface area contributed by atoms with Gasteiger partial charge in [0.25, 0.3) is 5.69 Å². The van der Waals surface area contributed by atoms with Gasteiger partial charge in [-0.1, -0.05) is 6.07 Å². The topological polar surface area (TPSA) is 64.4 Å². The minimum Gasteiger partial charge on any atom is -0.385 e. The largest absolute Gasteiger partial charge is 0.385 e. The Morgan fingerprint density at radius 3 is 2.85 bits per heavy atom. The van der Waals surface area contributed by atoms with Gasteiger partial charge in [-0.3, -0.25) is 10.1 Å². The Kier molecular flexibility index (Phi) is 5.09. The van der Waals surface area contributed by atoms with Gasteiger partial charge < -0.3 is 10.1 Å². The third kappa shape index (κ3) is 3.79. The Hall–Kier alpha value is -1.92. The molecule has 0 bridgehead atoms. The van der Waals surface area contributed by atoms with Crippen LogP contribution in [0.1, 0.15) is 17.4 Å². The summed E-state index contributed by atoms with van der Waals surface area (Å²) in [7, 11) is 0. The molecule has 0 aliphatic carbocycles. The number of thiophene rings is 1. The molecule has 0 radical (unpaired) electrons. The van der Waals surface area contributed by atoms with Crippen LogP contribution in [-0.4, -0.2) is 11.5 Å². The van der Waals surface area contributed by atoms with E-state index in [1.807, 2.05) is 24.4 Å². The zero-order valence-electron chi connectivity index (χ0n) is 11.2. The normalized spacial score (nSPS) is 10.4. The summed E-state index contributed by atoms with van der Waals surface area (Å²) in [5.41, 5.74) is 1.77. The molecule has 0 fully saturated rings. The molecule has 6 heteroatoms. The molecule has 20 heavy (non-hydrogen) atoms. The number of rotatable bonds is 7. The molecular weight excluding hydrogens is 276 g/mol. The van der Waals surface area contributed by atoms with Crippen LogP contribution in [0.5, 0.6) is 0 Å². The summed E-state index contributed by atoms with van der Waals surface area (Å²) in [6, 6.07) is 8.77. The van der Waals surface area contributed by atoms with Gasteiger partial charge in [-0.15, -0.1) is 11.3 Å². The van der Waals surface area contributed by atoms with Crippen molar-refractivity contribution in [3.63, 3.8) is 0 Å². The molecule has 0 spiro atoms. The highest BCUT2D eigenvalue weighted by Gasteiger charge is 2.10. The first-order valence-corrected chi connectivity index (χ1v) is 7.20. The first-order valence-electron chi connectivity index (χ1n) is 6.32. The van der Waals surface area contributed by atoms with E-state index in [-0.39, 0.29) is 5.69 Å². The first kappa shape index (κ1) is 14.5. The van der Waals surface area contributed by atoms with Gasteiger partial charge >= 0.3 is 0 Å². The van der Waals surface area contributed by atoms with E-state index in [2.05, 4.69) is 5.32 Å². The van der Waals surface area contributed by atoms with Gasteiger partial charge in [0.05, 0.1) is 18.1 Å². The lowest BCUT2D eigenvalue weighted by atomic mass is 10.1. The fourth-order valence-electron chi connectivity index (χ4n) is 1.83. The second-order valence-corrected chi connectivity index (χ2v) is 5.23. The molecule has 1 aromatic heterocycles. The van der Waals surface area contributed by atoms with Crippen molar-refractivity contribution in [2.24, 2.45) is 0 Å². The number of ether oxygens (including phenoxy) is 1. The van der Waals surface area contributed by atoms with Gasteiger partial charge in [0, 0.05) is 34.8 Å². The van der Waals surface area contributed by atoms with Crippen LogP contribution in [0.15, 0.2) is 35.7 Å². The van der Waals surface area contributed by atoms with E-state index >= 15 is 0 Å². The quantitative estimate of drug-likeness (QED) is 0.622. The lowest BCUT2D eigenvalue weighted by Gasteiger charge is -2.10. The fraction of sp³-hybridized carbons (Fsp3) is 0.286. The van der Waals surface area contributed by atoms with Crippen LogP contribution in [0.25, 0.3) is 0 Å². The van der Waals surface area contributed by atoms with E-state index < -0.39 is 4.92 Å². The molecule has 0 saturated heterocycles. The number of nitro groups is 1. The smallest absolute Gasteiger partial charge is 0.269 e. The maximum absolute atomic E-state index is 10.8. The van der Waals surface area contributed by atoms with E-state index in [0.29, 0.717) is 13.2 Å². The SMILES string of the molecule is CCNc1ccc([N+](=O)[O-])cc1COCc1cccs1. The van der Waals surface area contributed by atoms with Crippen molar-refractivity contribution in [3.8, 4) is 0 Å². The molecule has 0 atom stereocenters. The third-order valence-corrected chi connectivity index (χ3v) is 3.60. The van der Waals surface area contributed by atoms with Crippen LogP contribution in [-0.2, 0) is 18.0 Å². The predicted octanol–water partition coefficient (Wildman–Crippen LogP) is 3.80. The van der Waals surface area contributed by atoms with E-state index in [4.69, 9.17) is 4.74 Å². The third-order valence-electron chi connectivity index (χ3n) is 2.75. The summed E-state index contributed by atoms with van der Waals surface area (Å²) in [5, 5.41) is 16.0. The molecule has 2 rings (SSSR count). The van der Waals surface area contributed by atoms with E-state index in [1.165, 1.54) is 6.07 Å². The fourth-order valence-corrected chi connectivity index (χ4v) is 2.47. The molecular formula is C14H16N2O3S. The number of nitrogens with zero attached hydrogens (tertiary/aromatic N) is 1. The highest BCUT2D eigenvalue weighted by molar-refractivity contribution is 7.09. The summed E-state index contributed by atoms with van der Waals surface area (Å²) in [6.07, 6.45) is 0. The molecule has 1 aromatic carbocycles. The number of non-ortho nitro benzene ring substituents is 1. The molecule has 0 unspecified atom stereocenters. The van der Waals surface area contributed by atoms with Gasteiger partial charge in [0.1, 0.15) is 0 Å².